The molecule has 0 bridgehead atoms. The first kappa shape index (κ1) is 16.1. The molecule has 0 fully saturated rings. The van der Waals surface area contributed by atoms with Crippen LogP contribution < -0.4 is 10.0 Å². The largest absolute Gasteiger partial charge is 0.394 e. The Morgan fingerprint density at radius 3 is 2.47 bits per heavy atom. The van der Waals surface area contributed by atoms with Gasteiger partial charge in [-0.2, -0.15) is 0 Å². The number of hydrogen-bond acceptors (Lipinski definition) is 5. The molecule has 1 aromatic carbocycles. The maximum Gasteiger partial charge on any atom is 0.240 e. The molecule has 19 heavy (non-hydrogen) atoms. The van der Waals surface area contributed by atoms with Gasteiger partial charge in [0.1, 0.15) is 0 Å². The molecule has 0 heterocycles. The second kappa shape index (κ2) is 8.23. The Labute approximate surface area is 113 Å². The van der Waals surface area contributed by atoms with Gasteiger partial charge in [-0.3, -0.25) is 0 Å². The molecule has 0 unspecified atom stereocenters. The monoisotopic (exact) mass is 288 g/mol. The summed E-state index contributed by atoms with van der Waals surface area (Å²) in [5.74, 6) is 0. The van der Waals surface area contributed by atoms with Crippen LogP contribution in [0.4, 0.5) is 0 Å². The van der Waals surface area contributed by atoms with Crippen molar-refractivity contribution in [2.75, 3.05) is 33.4 Å². The van der Waals surface area contributed by atoms with E-state index in [0.29, 0.717) is 6.54 Å². The van der Waals surface area contributed by atoms with E-state index in [2.05, 4.69) is 10.0 Å². The standard InChI is InChI=1S/C12H20N2O4S/c1-13-10-11-2-4-12(5-3-11)19(16,17)14-6-8-18-9-7-15/h2-5,13-15H,6-10H2,1H3. The minimum atomic E-state index is -3.49. The highest BCUT2D eigenvalue weighted by Crippen LogP contribution is 2.10. The fourth-order valence-corrected chi connectivity index (χ4v) is 2.50. The van der Waals surface area contributed by atoms with Crippen LogP contribution in [-0.4, -0.2) is 46.9 Å². The predicted molar refractivity (Wildman–Crippen MR) is 72.3 cm³/mol. The quantitative estimate of drug-likeness (QED) is 0.543. The van der Waals surface area contributed by atoms with Crippen LogP contribution in [0.2, 0.25) is 0 Å². The molecule has 0 atom stereocenters. The molecule has 0 radical (unpaired) electrons. The molecule has 3 N–H and O–H groups in total. The van der Waals surface area contributed by atoms with Crippen LogP contribution in [-0.2, 0) is 21.3 Å². The fraction of sp³-hybridized carbons (Fsp3) is 0.500. The molecule has 0 aliphatic carbocycles. The zero-order valence-corrected chi connectivity index (χ0v) is 11.7. The van der Waals surface area contributed by atoms with Gasteiger partial charge in [-0.15, -0.1) is 0 Å². The van der Waals surface area contributed by atoms with Crippen LogP contribution in [0.15, 0.2) is 29.2 Å². The molecular formula is C12H20N2O4S. The van der Waals surface area contributed by atoms with Crippen molar-refractivity contribution < 1.29 is 18.3 Å². The number of nitrogens with one attached hydrogen (secondary N) is 2. The zero-order valence-electron chi connectivity index (χ0n) is 10.9. The Balaban J connectivity index is 2.52. The van der Waals surface area contributed by atoms with Gasteiger partial charge in [0.05, 0.1) is 24.7 Å². The van der Waals surface area contributed by atoms with Gasteiger partial charge in [-0.1, -0.05) is 12.1 Å². The first-order valence-corrected chi connectivity index (χ1v) is 7.50. The summed E-state index contributed by atoms with van der Waals surface area (Å²) < 4.78 is 31.2. The molecule has 0 saturated carbocycles. The van der Waals surface area contributed by atoms with Gasteiger partial charge in [0, 0.05) is 13.1 Å². The van der Waals surface area contributed by atoms with Crippen molar-refractivity contribution in [2.45, 2.75) is 11.4 Å². The van der Waals surface area contributed by atoms with Crippen molar-refractivity contribution >= 4 is 10.0 Å². The van der Waals surface area contributed by atoms with Crippen molar-refractivity contribution in [3.8, 4) is 0 Å². The van der Waals surface area contributed by atoms with E-state index in [4.69, 9.17) is 9.84 Å². The average Bonchev–Trinajstić information content (AvgIpc) is 2.39. The Kier molecular flexibility index (Phi) is 6.96. The Hall–Kier alpha value is -0.990. The Morgan fingerprint density at radius 2 is 1.89 bits per heavy atom. The predicted octanol–water partition coefficient (Wildman–Crippen LogP) is -0.307. The van der Waals surface area contributed by atoms with E-state index < -0.39 is 10.0 Å². The lowest BCUT2D eigenvalue weighted by atomic mass is 10.2. The topological polar surface area (TPSA) is 87.7 Å². The zero-order chi connectivity index (χ0) is 14.1. The minimum Gasteiger partial charge on any atom is -0.394 e. The fourth-order valence-electron chi connectivity index (χ4n) is 1.49. The highest BCUT2D eigenvalue weighted by Gasteiger charge is 2.12. The Morgan fingerprint density at radius 1 is 1.21 bits per heavy atom. The molecule has 7 heteroatoms. The number of sulfonamides is 1. The van der Waals surface area contributed by atoms with E-state index in [0.717, 1.165) is 5.56 Å². The summed E-state index contributed by atoms with van der Waals surface area (Å²) in [4.78, 5) is 0.231. The Bertz CT molecular complexity index is 459. The first-order chi connectivity index (χ1) is 9.10. The lowest BCUT2D eigenvalue weighted by Gasteiger charge is -2.08. The van der Waals surface area contributed by atoms with Gasteiger partial charge in [0.25, 0.3) is 0 Å². The summed E-state index contributed by atoms with van der Waals surface area (Å²) in [7, 11) is -1.66. The number of rotatable bonds is 9. The van der Waals surface area contributed by atoms with Crippen LogP contribution in [0.1, 0.15) is 5.56 Å². The van der Waals surface area contributed by atoms with Crippen molar-refractivity contribution in [1.82, 2.24) is 10.0 Å². The molecule has 0 saturated heterocycles. The maximum absolute atomic E-state index is 11.9. The van der Waals surface area contributed by atoms with E-state index >= 15 is 0 Å². The summed E-state index contributed by atoms with van der Waals surface area (Å²) in [6, 6.07) is 6.69. The van der Waals surface area contributed by atoms with Gasteiger partial charge >= 0.3 is 0 Å². The normalized spacial score (nSPS) is 11.7. The van der Waals surface area contributed by atoms with E-state index in [9.17, 15) is 8.42 Å². The number of aliphatic hydroxyl groups is 1. The average molecular weight is 288 g/mol. The minimum absolute atomic E-state index is 0.0698. The number of benzene rings is 1. The lowest BCUT2D eigenvalue weighted by molar-refractivity contribution is 0.0961. The van der Waals surface area contributed by atoms with Crippen molar-refractivity contribution in [3.63, 3.8) is 0 Å². The van der Waals surface area contributed by atoms with Crippen molar-refractivity contribution in [3.05, 3.63) is 29.8 Å². The third-order valence-corrected chi connectivity index (χ3v) is 3.87. The number of hydrogen-bond donors (Lipinski definition) is 3. The molecular weight excluding hydrogens is 268 g/mol. The molecule has 108 valence electrons. The van der Waals surface area contributed by atoms with Crippen LogP contribution in [0, 0.1) is 0 Å². The molecule has 0 aliphatic rings. The van der Waals surface area contributed by atoms with Crippen molar-refractivity contribution in [1.29, 1.82) is 0 Å². The smallest absolute Gasteiger partial charge is 0.240 e. The van der Waals surface area contributed by atoms with Crippen molar-refractivity contribution in [2.24, 2.45) is 0 Å². The van der Waals surface area contributed by atoms with E-state index in [1.54, 1.807) is 24.3 Å². The summed E-state index contributed by atoms with van der Waals surface area (Å²) >= 11 is 0. The van der Waals surface area contributed by atoms with Crippen LogP contribution in [0.25, 0.3) is 0 Å². The van der Waals surface area contributed by atoms with Crippen LogP contribution >= 0.6 is 0 Å². The molecule has 1 rings (SSSR count). The summed E-state index contributed by atoms with van der Waals surface area (Å²) in [6.07, 6.45) is 0. The molecule has 0 spiro atoms. The van der Waals surface area contributed by atoms with Gasteiger partial charge in [0.2, 0.25) is 10.0 Å². The number of ether oxygens (including phenoxy) is 1. The molecule has 0 aliphatic heterocycles. The molecule has 1 aromatic rings. The first-order valence-electron chi connectivity index (χ1n) is 6.02. The maximum atomic E-state index is 11.9. The summed E-state index contributed by atoms with van der Waals surface area (Å²) in [5, 5.41) is 11.5. The van der Waals surface area contributed by atoms with Crippen LogP contribution in [0.3, 0.4) is 0 Å². The molecule has 6 nitrogen and oxygen atoms in total. The third-order valence-electron chi connectivity index (χ3n) is 2.39. The third kappa shape index (κ3) is 5.66. The SMILES string of the molecule is CNCc1ccc(S(=O)(=O)NCCOCCO)cc1. The molecule has 0 amide bonds. The second-order valence-corrected chi connectivity index (χ2v) is 5.67. The highest BCUT2D eigenvalue weighted by molar-refractivity contribution is 7.89. The van der Waals surface area contributed by atoms with Gasteiger partial charge < -0.3 is 15.2 Å². The second-order valence-electron chi connectivity index (χ2n) is 3.91. The summed E-state index contributed by atoms with van der Waals surface area (Å²) in [5.41, 5.74) is 1.02. The lowest BCUT2D eigenvalue weighted by Crippen LogP contribution is -2.27. The van der Waals surface area contributed by atoms with Gasteiger partial charge in [-0.05, 0) is 24.7 Å². The van der Waals surface area contributed by atoms with Crippen LogP contribution in [0.5, 0.6) is 0 Å². The van der Waals surface area contributed by atoms with Gasteiger partial charge in [-0.25, -0.2) is 13.1 Å². The number of aliphatic hydroxyl groups excluding tert-OH is 1. The molecule has 0 aromatic heterocycles. The van der Waals surface area contributed by atoms with Gasteiger partial charge in [0.15, 0.2) is 0 Å². The van der Waals surface area contributed by atoms with E-state index in [1.807, 2.05) is 7.05 Å². The van der Waals surface area contributed by atoms with E-state index in [1.165, 1.54) is 0 Å². The summed E-state index contributed by atoms with van der Waals surface area (Å²) in [6.45, 7) is 1.25. The van der Waals surface area contributed by atoms with E-state index in [-0.39, 0.29) is 31.3 Å². The highest BCUT2D eigenvalue weighted by atomic mass is 32.2.